The van der Waals surface area contributed by atoms with Gasteiger partial charge >= 0.3 is 5.97 Å². The molecule has 0 saturated heterocycles. The van der Waals surface area contributed by atoms with Gasteiger partial charge in [0, 0.05) is 12.0 Å². The standard InChI is InChI=1S/C15H20O3/c1-4-5-13(15(17)18)9-14(16)12-7-6-10(2)11(3)8-12/h6-8,13H,4-5,9H2,1-3H3,(H,17,18). The van der Waals surface area contributed by atoms with Crippen molar-refractivity contribution in [3.8, 4) is 0 Å². The maximum Gasteiger partial charge on any atom is 0.306 e. The third-order valence-corrected chi connectivity index (χ3v) is 3.25. The second-order valence-corrected chi connectivity index (χ2v) is 4.75. The van der Waals surface area contributed by atoms with Crippen LogP contribution in [0.5, 0.6) is 0 Å². The van der Waals surface area contributed by atoms with Gasteiger partial charge in [0.25, 0.3) is 0 Å². The molecule has 0 spiro atoms. The van der Waals surface area contributed by atoms with Gasteiger partial charge in [-0.05, 0) is 37.5 Å². The number of ketones is 1. The van der Waals surface area contributed by atoms with Crippen molar-refractivity contribution < 1.29 is 14.7 Å². The lowest BCUT2D eigenvalue weighted by atomic mass is 9.93. The predicted octanol–water partition coefficient (Wildman–Crippen LogP) is 3.38. The highest BCUT2D eigenvalue weighted by Crippen LogP contribution is 2.17. The Labute approximate surface area is 108 Å². The van der Waals surface area contributed by atoms with Crippen LogP contribution in [0.15, 0.2) is 18.2 Å². The van der Waals surface area contributed by atoms with Crippen molar-refractivity contribution >= 4 is 11.8 Å². The molecule has 1 rings (SSSR count). The Bertz CT molecular complexity index is 449. The Kier molecular flexibility index (Phi) is 5.08. The number of carbonyl (C=O) groups is 2. The first-order valence-corrected chi connectivity index (χ1v) is 6.29. The molecule has 0 aliphatic heterocycles. The fraction of sp³-hybridized carbons (Fsp3) is 0.467. The van der Waals surface area contributed by atoms with Crippen LogP contribution in [-0.2, 0) is 4.79 Å². The van der Waals surface area contributed by atoms with Crippen LogP contribution in [0, 0.1) is 19.8 Å². The Morgan fingerprint density at radius 3 is 2.39 bits per heavy atom. The van der Waals surface area contributed by atoms with Crippen molar-refractivity contribution in [3.05, 3.63) is 34.9 Å². The van der Waals surface area contributed by atoms with Gasteiger partial charge in [-0.3, -0.25) is 9.59 Å². The minimum absolute atomic E-state index is 0.0843. The van der Waals surface area contributed by atoms with Gasteiger partial charge in [0.05, 0.1) is 5.92 Å². The summed E-state index contributed by atoms with van der Waals surface area (Å²) in [5.41, 5.74) is 2.80. The molecule has 98 valence electrons. The first kappa shape index (κ1) is 14.4. The van der Waals surface area contributed by atoms with Gasteiger partial charge < -0.3 is 5.11 Å². The Balaban J connectivity index is 2.80. The average molecular weight is 248 g/mol. The molecule has 0 fully saturated rings. The van der Waals surface area contributed by atoms with Crippen molar-refractivity contribution in [2.24, 2.45) is 5.92 Å². The van der Waals surface area contributed by atoms with Crippen LogP contribution < -0.4 is 0 Å². The van der Waals surface area contributed by atoms with Gasteiger partial charge in [-0.15, -0.1) is 0 Å². The number of aliphatic carboxylic acids is 1. The summed E-state index contributed by atoms with van der Waals surface area (Å²) in [5, 5.41) is 9.05. The molecule has 1 unspecified atom stereocenters. The molecule has 0 radical (unpaired) electrons. The van der Waals surface area contributed by atoms with E-state index in [-0.39, 0.29) is 12.2 Å². The summed E-state index contributed by atoms with van der Waals surface area (Å²) in [7, 11) is 0. The van der Waals surface area contributed by atoms with Crippen LogP contribution >= 0.6 is 0 Å². The lowest BCUT2D eigenvalue weighted by Gasteiger charge is -2.11. The smallest absolute Gasteiger partial charge is 0.306 e. The largest absolute Gasteiger partial charge is 0.481 e. The summed E-state index contributed by atoms with van der Waals surface area (Å²) in [6.07, 6.45) is 1.41. The molecule has 18 heavy (non-hydrogen) atoms. The Morgan fingerprint density at radius 1 is 1.22 bits per heavy atom. The number of aryl methyl sites for hydroxylation is 2. The van der Waals surface area contributed by atoms with Crippen molar-refractivity contribution in [1.82, 2.24) is 0 Å². The highest BCUT2D eigenvalue weighted by molar-refractivity contribution is 5.98. The van der Waals surface area contributed by atoms with Gasteiger partial charge in [-0.25, -0.2) is 0 Å². The average Bonchev–Trinajstić information content (AvgIpc) is 2.31. The van der Waals surface area contributed by atoms with E-state index < -0.39 is 11.9 Å². The molecular formula is C15H20O3. The van der Waals surface area contributed by atoms with Crippen LogP contribution in [0.3, 0.4) is 0 Å². The van der Waals surface area contributed by atoms with Crippen molar-refractivity contribution in [2.45, 2.75) is 40.0 Å². The zero-order valence-electron chi connectivity index (χ0n) is 11.2. The zero-order chi connectivity index (χ0) is 13.7. The molecule has 0 bridgehead atoms. The second kappa shape index (κ2) is 6.34. The number of carbonyl (C=O) groups excluding carboxylic acids is 1. The van der Waals surface area contributed by atoms with Gasteiger partial charge in [0.15, 0.2) is 5.78 Å². The van der Waals surface area contributed by atoms with E-state index in [1.165, 1.54) is 0 Å². The summed E-state index contributed by atoms with van der Waals surface area (Å²) in [6, 6.07) is 5.51. The maximum absolute atomic E-state index is 12.0. The van der Waals surface area contributed by atoms with E-state index in [2.05, 4.69) is 0 Å². The van der Waals surface area contributed by atoms with Gasteiger partial charge in [-0.1, -0.05) is 25.5 Å². The van der Waals surface area contributed by atoms with Crippen LogP contribution in [0.25, 0.3) is 0 Å². The molecule has 1 aromatic carbocycles. The lowest BCUT2D eigenvalue weighted by Crippen LogP contribution is -2.18. The van der Waals surface area contributed by atoms with Crippen LogP contribution in [0.2, 0.25) is 0 Å². The summed E-state index contributed by atoms with van der Waals surface area (Å²) in [4.78, 5) is 23.1. The third kappa shape index (κ3) is 3.69. The van der Waals surface area contributed by atoms with Crippen molar-refractivity contribution in [2.75, 3.05) is 0 Å². The highest BCUT2D eigenvalue weighted by atomic mass is 16.4. The number of carboxylic acid groups (broad SMARTS) is 1. The lowest BCUT2D eigenvalue weighted by molar-refractivity contribution is -0.141. The maximum atomic E-state index is 12.0. The molecule has 0 aliphatic carbocycles. The predicted molar refractivity (Wildman–Crippen MR) is 70.9 cm³/mol. The van der Waals surface area contributed by atoms with E-state index in [9.17, 15) is 9.59 Å². The number of Topliss-reactive ketones (excluding diaryl/α,β-unsaturated/α-hetero) is 1. The summed E-state index contributed by atoms with van der Waals surface area (Å²) in [6.45, 7) is 5.87. The minimum atomic E-state index is -0.881. The number of carboxylic acids is 1. The van der Waals surface area contributed by atoms with Crippen molar-refractivity contribution in [1.29, 1.82) is 0 Å². The number of benzene rings is 1. The van der Waals surface area contributed by atoms with E-state index in [1.807, 2.05) is 32.9 Å². The SMILES string of the molecule is CCCC(CC(=O)c1ccc(C)c(C)c1)C(=O)O. The Hall–Kier alpha value is -1.64. The highest BCUT2D eigenvalue weighted by Gasteiger charge is 2.21. The van der Waals surface area contributed by atoms with E-state index in [0.29, 0.717) is 12.0 Å². The molecule has 1 N–H and O–H groups in total. The van der Waals surface area contributed by atoms with Gasteiger partial charge in [0.2, 0.25) is 0 Å². The van der Waals surface area contributed by atoms with Gasteiger partial charge in [0.1, 0.15) is 0 Å². The first-order chi connectivity index (χ1) is 8.45. The molecule has 0 heterocycles. The molecular weight excluding hydrogens is 228 g/mol. The molecule has 0 saturated carbocycles. The summed E-state index contributed by atoms with van der Waals surface area (Å²) < 4.78 is 0. The number of hydrogen-bond donors (Lipinski definition) is 1. The van der Waals surface area contributed by atoms with Crippen LogP contribution in [0.4, 0.5) is 0 Å². The topological polar surface area (TPSA) is 54.4 Å². The van der Waals surface area contributed by atoms with E-state index >= 15 is 0 Å². The van der Waals surface area contributed by atoms with Gasteiger partial charge in [-0.2, -0.15) is 0 Å². The molecule has 0 aromatic heterocycles. The first-order valence-electron chi connectivity index (χ1n) is 6.29. The Morgan fingerprint density at radius 2 is 1.89 bits per heavy atom. The fourth-order valence-electron chi connectivity index (χ4n) is 1.92. The molecule has 3 heteroatoms. The number of rotatable bonds is 6. The minimum Gasteiger partial charge on any atom is -0.481 e. The molecule has 1 atom stereocenters. The number of hydrogen-bond acceptors (Lipinski definition) is 2. The quantitative estimate of drug-likeness (QED) is 0.785. The second-order valence-electron chi connectivity index (χ2n) is 4.75. The summed E-state index contributed by atoms with van der Waals surface area (Å²) >= 11 is 0. The van der Waals surface area contributed by atoms with Crippen LogP contribution in [0.1, 0.15) is 47.7 Å². The van der Waals surface area contributed by atoms with E-state index in [1.54, 1.807) is 6.07 Å². The monoisotopic (exact) mass is 248 g/mol. The third-order valence-electron chi connectivity index (χ3n) is 3.25. The normalized spacial score (nSPS) is 12.2. The zero-order valence-corrected chi connectivity index (χ0v) is 11.2. The molecule has 3 nitrogen and oxygen atoms in total. The van der Waals surface area contributed by atoms with E-state index in [0.717, 1.165) is 17.5 Å². The van der Waals surface area contributed by atoms with Crippen LogP contribution in [-0.4, -0.2) is 16.9 Å². The van der Waals surface area contributed by atoms with E-state index in [4.69, 9.17) is 5.11 Å². The molecule has 0 aliphatic rings. The fourth-order valence-corrected chi connectivity index (χ4v) is 1.92. The molecule has 1 aromatic rings. The van der Waals surface area contributed by atoms with Crippen molar-refractivity contribution in [3.63, 3.8) is 0 Å². The molecule has 0 amide bonds. The summed E-state index contributed by atoms with van der Waals surface area (Å²) in [5.74, 6) is -1.53.